The Balaban J connectivity index is 1.92. The van der Waals surface area contributed by atoms with E-state index in [1.165, 1.54) is 15.8 Å². The maximum absolute atomic E-state index is 4.49. The Labute approximate surface area is 124 Å². The van der Waals surface area contributed by atoms with Gasteiger partial charge in [0.1, 0.15) is 16.2 Å². The monoisotopic (exact) mass is 307 g/mol. The zero-order valence-electron chi connectivity index (χ0n) is 10.9. The van der Waals surface area contributed by atoms with Gasteiger partial charge in [-0.2, -0.15) is 0 Å². The molecule has 3 aromatic rings. The van der Waals surface area contributed by atoms with Crippen LogP contribution in [0.3, 0.4) is 0 Å². The fraction of sp³-hybridized carbons (Fsp3) is 0.308. The van der Waals surface area contributed by atoms with Crippen LogP contribution in [0.2, 0.25) is 0 Å². The molecule has 0 radical (unpaired) electrons. The van der Waals surface area contributed by atoms with Crippen LogP contribution in [-0.4, -0.2) is 15.0 Å². The number of nitrogens with zero attached hydrogens (tertiary/aromatic N) is 3. The van der Waals surface area contributed by atoms with Gasteiger partial charge in [0.2, 0.25) is 0 Å². The molecule has 0 atom stereocenters. The third kappa shape index (κ3) is 2.52. The Morgan fingerprint density at radius 2 is 2.05 bits per heavy atom. The molecule has 0 unspecified atom stereocenters. The Morgan fingerprint density at radius 1 is 1.21 bits per heavy atom. The largest absolute Gasteiger partial charge is 0.246 e. The van der Waals surface area contributed by atoms with E-state index in [9.17, 15) is 0 Å². The van der Waals surface area contributed by atoms with Gasteiger partial charge >= 0.3 is 0 Å². The molecule has 0 aliphatic carbocycles. The Hall–Kier alpha value is -0.980. The molecule has 3 aromatic heterocycles. The van der Waals surface area contributed by atoms with Crippen molar-refractivity contribution in [2.24, 2.45) is 0 Å². The first-order chi connectivity index (χ1) is 9.15. The Bertz CT molecular complexity index is 730. The lowest BCUT2D eigenvalue weighted by Crippen LogP contribution is -1.87. The highest BCUT2D eigenvalue weighted by Crippen LogP contribution is 2.35. The van der Waals surface area contributed by atoms with Crippen LogP contribution in [0.5, 0.6) is 0 Å². The molecule has 3 nitrogen and oxygen atoms in total. The topological polar surface area (TPSA) is 38.7 Å². The quantitative estimate of drug-likeness (QED) is 0.532. The van der Waals surface area contributed by atoms with Crippen molar-refractivity contribution < 1.29 is 0 Å². The third-order valence-corrected chi connectivity index (χ3v) is 5.91. The van der Waals surface area contributed by atoms with E-state index >= 15 is 0 Å². The Kier molecular flexibility index (Phi) is 3.56. The van der Waals surface area contributed by atoms with Crippen molar-refractivity contribution >= 4 is 44.7 Å². The first-order valence-electron chi connectivity index (χ1n) is 5.89. The van der Waals surface area contributed by atoms with Crippen molar-refractivity contribution in [2.45, 2.75) is 31.6 Å². The molecule has 0 saturated carbocycles. The molecule has 0 spiro atoms. The van der Waals surface area contributed by atoms with Crippen LogP contribution in [-0.2, 0) is 5.75 Å². The SMILES string of the molecule is Cc1nc(CSc2ncnc3sc(C)c(C)c23)cs1. The van der Waals surface area contributed by atoms with E-state index in [4.69, 9.17) is 0 Å². The molecule has 98 valence electrons. The molecule has 0 bridgehead atoms. The second-order valence-electron chi connectivity index (χ2n) is 4.29. The number of hydrogen-bond donors (Lipinski definition) is 0. The molecule has 0 amide bonds. The van der Waals surface area contributed by atoms with Crippen LogP contribution in [0.25, 0.3) is 10.2 Å². The van der Waals surface area contributed by atoms with E-state index in [0.717, 1.165) is 26.3 Å². The number of thiazole rings is 1. The van der Waals surface area contributed by atoms with Gasteiger partial charge in [-0.15, -0.1) is 22.7 Å². The van der Waals surface area contributed by atoms with Gasteiger partial charge in [-0.3, -0.25) is 0 Å². The lowest BCUT2D eigenvalue weighted by Gasteiger charge is -2.01. The van der Waals surface area contributed by atoms with Crippen LogP contribution < -0.4 is 0 Å². The molecule has 0 aliphatic heterocycles. The van der Waals surface area contributed by atoms with Crippen molar-refractivity contribution in [1.29, 1.82) is 0 Å². The highest BCUT2D eigenvalue weighted by atomic mass is 32.2. The summed E-state index contributed by atoms with van der Waals surface area (Å²) in [6.45, 7) is 6.32. The number of thioether (sulfide) groups is 1. The minimum absolute atomic E-state index is 0.866. The maximum Gasteiger partial charge on any atom is 0.128 e. The number of rotatable bonds is 3. The first kappa shape index (κ1) is 13.0. The molecule has 19 heavy (non-hydrogen) atoms. The van der Waals surface area contributed by atoms with Gasteiger partial charge in [0.15, 0.2) is 0 Å². The van der Waals surface area contributed by atoms with Crippen LogP contribution in [0.4, 0.5) is 0 Å². The fourth-order valence-corrected chi connectivity index (χ4v) is 4.60. The molecule has 3 rings (SSSR count). The van der Waals surface area contributed by atoms with Crippen LogP contribution >= 0.6 is 34.4 Å². The molecule has 0 N–H and O–H groups in total. The summed E-state index contributed by atoms with van der Waals surface area (Å²) in [5.41, 5.74) is 2.43. The predicted octanol–water partition coefficient (Wildman–Crippen LogP) is 4.37. The highest BCUT2D eigenvalue weighted by Gasteiger charge is 2.12. The number of thiophene rings is 1. The summed E-state index contributed by atoms with van der Waals surface area (Å²) in [7, 11) is 0. The number of hydrogen-bond acceptors (Lipinski definition) is 6. The van der Waals surface area contributed by atoms with Gasteiger partial charge in [-0.25, -0.2) is 15.0 Å². The van der Waals surface area contributed by atoms with E-state index in [-0.39, 0.29) is 0 Å². The third-order valence-electron chi connectivity index (χ3n) is 2.95. The summed E-state index contributed by atoms with van der Waals surface area (Å²) in [4.78, 5) is 15.7. The Morgan fingerprint density at radius 3 is 2.79 bits per heavy atom. The fourth-order valence-electron chi connectivity index (χ4n) is 1.88. The summed E-state index contributed by atoms with van der Waals surface area (Å²) in [6.07, 6.45) is 1.66. The summed E-state index contributed by atoms with van der Waals surface area (Å²) in [5.74, 6) is 0.866. The number of fused-ring (bicyclic) bond motifs is 1. The van der Waals surface area contributed by atoms with Crippen LogP contribution in [0.15, 0.2) is 16.7 Å². The standard InChI is InChI=1S/C13H13N3S3/c1-7-8(2)19-13-11(7)12(14-6-15-13)18-5-10-4-17-9(3)16-10/h4,6H,5H2,1-3H3. The average molecular weight is 307 g/mol. The minimum atomic E-state index is 0.866. The predicted molar refractivity (Wildman–Crippen MR) is 83.3 cm³/mol. The smallest absolute Gasteiger partial charge is 0.128 e. The molecule has 0 saturated heterocycles. The molecule has 0 aromatic carbocycles. The second-order valence-corrected chi connectivity index (χ2v) is 7.52. The van der Waals surface area contributed by atoms with Crippen molar-refractivity contribution in [1.82, 2.24) is 15.0 Å². The van der Waals surface area contributed by atoms with Gasteiger partial charge in [0, 0.05) is 21.4 Å². The van der Waals surface area contributed by atoms with E-state index in [0.29, 0.717) is 0 Å². The molecule has 3 heterocycles. The summed E-state index contributed by atoms with van der Waals surface area (Å²) >= 11 is 5.18. The zero-order valence-corrected chi connectivity index (χ0v) is 13.4. The number of aromatic nitrogens is 3. The van der Waals surface area contributed by atoms with Gasteiger partial charge in [0.05, 0.1) is 10.7 Å². The van der Waals surface area contributed by atoms with E-state index in [1.807, 2.05) is 6.92 Å². The van der Waals surface area contributed by atoms with Crippen LogP contribution in [0.1, 0.15) is 21.1 Å². The zero-order chi connectivity index (χ0) is 13.4. The maximum atomic E-state index is 4.49. The number of aryl methyl sites for hydroxylation is 3. The normalized spacial score (nSPS) is 11.3. The van der Waals surface area contributed by atoms with Gasteiger partial charge in [-0.05, 0) is 26.3 Å². The van der Waals surface area contributed by atoms with E-state index in [1.54, 1.807) is 40.8 Å². The van der Waals surface area contributed by atoms with Crippen LogP contribution in [0, 0.1) is 20.8 Å². The van der Waals surface area contributed by atoms with Gasteiger partial charge in [0.25, 0.3) is 0 Å². The average Bonchev–Trinajstić information content (AvgIpc) is 2.93. The van der Waals surface area contributed by atoms with Gasteiger partial charge < -0.3 is 0 Å². The molecule has 0 aliphatic rings. The minimum Gasteiger partial charge on any atom is -0.246 e. The second kappa shape index (κ2) is 5.19. The molecule has 6 heteroatoms. The van der Waals surface area contributed by atoms with Crippen molar-refractivity contribution in [3.05, 3.63) is 32.8 Å². The highest BCUT2D eigenvalue weighted by molar-refractivity contribution is 7.98. The van der Waals surface area contributed by atoms with Crippen molar-refractivity contribution in [3.63, 3.8) is 0 Å². The van der Waals surface area contributed by atoms with E-state index in [2.05, 4.69) is 34.2 Å². The first-order valence-corrected chi connectivity index (χ1v) is 8.58. The van der Waals surface area contributed by atoms with Crippen molar-refractivity contribution in [2.75, 3.05) is 0 Å². The lowest BCUT2D eigenvalue weighted by atomic mass is 10.2. The molecule has 0 fully saturated rings. The molecular weight excluding hydrogens is 294 g/mol. The summed E-state index contributed by atoms with van der Waals surface area (Å²) in [5, 5.41) is 5.51. The van der Waals surface area contributed by atoms with Gasteiger partial charge in [-0.1, -0.05) is 11.8 Å². The molecular formula is C13H13N3S3. The van der Waals surface area contributed by atoms with Crippen molar-refractivity contribution in [3.8, 4) is 0 Å². The lowest BCUT2D eigenvalue weighted by molar-refractivity contribution is 1.10. The summed E-state index contributed by atoms with van der Waals surface area (Å²) in [6, 6.07) is 0. The summed E-state index contributed by atoms with van der Waals surface area (Å²) < 4.78 is 0. The van der Waals surface area contributed by atoms with E-state index < -0.39 is 0 Å².